The molecule has 0 bridgehead atoms. The highest BCUT2D eigenvalue weighted by atomic mass is 16.6. The predicted molar refractivity (Wildman–Crippen MR) is 95.6 cm³/mol. The number of rotatable bonds is 5. The van der Waals surface area contributed by atoms with Crippen molar-refractivity contribution in [3.63, 3.8) is 0 Å². The van der Waals surface area contributed by atoms with E-state index in [9.17, 15) is 4.79 Å². The number of ether oxygens (including phenoxy) is 1. The number of hydrogen-bond acceptors (Lipinski definition) is 4. The number of amidine groups is 1. The van der Waals surface area contributed by atoms with Gasteiger partial charge in [-0.15, -0.1) is 0 Å². The first-order chi connectivity index (χ1) is 11.8. The molecule has 0 aliphatic heterocycles. The zero-order chi connectivity index (χ0) is 18.2. The van der Waals surface area contributed by atoms with E-state index in [1.165, 1.54) is 5.56 Å². The minimum atomic E-state index is -0.556. The van der Waals surface area contributed by atoms with Crippen molar-refractivity contribution in [2.75, 3.05) is 6.54 Å². The van der Waals surface area contributed by atoms with Gasteiger partial charge in [-0.2, -0.15) is 0 Å². The summed E-state index contributed by atoms with van der Waals surface area (Å²) in [5.74, 6) is 0.523. The van der Waals surface area contributed by atoms with Crippen LogP contribution in [0, 0.1) is 5.41 Å². The molecule has 2 aliphatic rings. The monoisotopic (exact) mass is 345 g/mol. The molecule has 0 aromatic heterocycles. The van der Waals surface area contributed by atoms with Gasteiger partial charge in [0.2, 0.25) is 0 Å². The summed E-state index contributed by atoms with van der Waals surface area (Å²) in [6.07, 6.45) is 2.23. The van der Waals surface area contributed by atoms with E-state index in [-0.39, 0.29) is 18.0 Å². The minimum Gasteiger partial charge on any atom is -0.444 e. The lowest BCUT2D eigenvalue weighted by Gasteiger charge is -2.30. The third kappa shape index (κ3) is 3.89. The number of nitrogens with two attached hydrogens (primary N) is 1. The number of amides is 1. The largest absolute Gasteiger partial charge is 0.444 e. The fraction of sp³-hybridized carbons (Fsp3) is 0.579. The molecule has 2 aliphatic carbocycles. The zero-order valence-electron chi connectivity index (χ0n) is 15.1. The Morgan fingerprint density at radius 1 is 1.36 bits per heavy atom. The number of nitrogens with zero attached hydrogens (tertiary/aromatic N) is 2. The maximum absolute atomic E-state index is 12.8. The van der Waals surface area contributed by atoms with Crippen molar-refractivity contribution in [3.05, 3.63) is 35.9 Å². The average Bonchev–Trinajstić information content (AvgIpc) is 3.45. The molecule has 2 atom stereocenters. The number of carbonyl (C=O) groups is 1. The van der Waals surface area contributed by atoms with Crippen molar-refractivity contribution in [1.82, 2.24) is 4.90 Å². The molecule has 3 rings (SSSR count). The Labute approximate surface area is 148 Å². The van der Waals surface area contributed by atoms with Crippen LogP contribution in [0.4, 0.5) is 4.79 Å². The third-order valence-electron chi connectivity index (χ3n) is 4.99. The Morgan fingerprint density at radius 2 is 2.00 bits per heavy atom. The normalized spacial score (nSPS) is 24.5. The summed E-state index contributed by atoms with van der Waals surface area (Å²) in [4.78, 5) is 14.6. The van der Waals surface area contributed by atoms with E-state index in [0.717, 1.165) is 19.3 Å². The molecule has 0 unspecified atom stereocenters. The molecule has 136 valence electrons. The number of benzene rings is 1. The number of carbonyl (C=O) groups excluding carboxylic acids is 1. The summed E-state index contributed by atoms with van der Waals surface area (Å²) in [7, 11) is 0. The Bertz CT molecular complexity index is 662. The van der Waals surface area contributed by atoms with Crippen LogP contribution in [0.15, 0.2) is 35.5 Å². The molecule has 0 saturated heterocycles. The molecule has 3 N–H and O–H groups in total. The molecule has 0 heterocycles. The molecule has 6 heteroatoms. The topological polar surface area (TPSA) is 88.2 Å². The molecule has 1 amide bonds. The highest BCUT2D eigenvalue weighted by Crippen LogP contribution is 2.51. The lowest BCUT2D eigenvalue weighted by Crippen LogP contribution is -2.45. The Kier molecular flexibility index (Phi) is 4.39. The molecule has 0 radical (unpaired) electrons. The first kappa shape index (κ1) is 17.6. The molecular weight excluding hydrogens is 318 g/mol. The fourth-order valence-corrected chi connectivity index (χ4v) is 3.30. The lowest BCUT2D eigenvalue weighted by molar-refractivity contribution is 0.0207. The van der Waals surface area contributed by atoms with Gasteiger partial charge in [0.15, 0.2) is 0 Å². The maximum atomic E-state index is 12.8. The average molecular weight is 345 g/mol. The van der Waals surface area contributed by atoms with E-state index in [1.807, 2.05) is 39.0 Å². The van der Waals surface area contributed by atoms with Crippen LogP contribution in [-0.2, 0) is 4.74 Å². The number of oxime groups is 1. The van der Waals surface area contributed by atoms with Gasteiger partial charge < -0.3 is 20.6 Å². The van der Waals surface area contributed by atoms with Crippen molar-refractivity contribution >= 4 is 11.9 Å². The summed E-state index contributed by atoms with van der Waals surface area (Å²) < 4.78 is 5.62. The van der Waals surface area contributed by atoms with Crippen molar-refractivity contribution in [2.45, 2.75) is 57.6 Å². The van der Waals surface area contributed by atoms with Crippen LogP contribution in [0.5, 0.6) is 0 Å². The van der Waals surface area contributed by atoms with Crippen LogP contribution in [0.2, 0.25) is 0 Å². The molecule has 25 heavy (non-hydrogen) atoms. The first-order valence-corrected chi connectivity index (χ1v) is 8.78. The highest BCUT2D eigenvalue weighted by molar-refractivity contribution is 5.89. The standard InChI is InChI=1S/C19H27N3O3/c1-18(2,3)25-17(23)22(12-19(9-10-19)16(20)21-24)15-11-14(15)13-7-5-4-6-8-13/h4-8,14-15,24H,9-12H2,1-3H3,(H2,20,21)/t14-,15+/m1/s1. The minimum absolute atomic E-state index is 0.0983. The highest BCUT2D eigenvalue weighted by Gasteiger charge is 2.54. The first-order valence-electron chi connectivity index (χ1n) is 8.78. The third-order valence-corrected chi connectivity index (χ3v) is 4.99. The predicted octanol–water partition coefficient (Wildman–Crippen LogP) is 3.31. The summed E-state index contributed by atoms with van der Waals surface area (Å²) in [5, 5.41) is 12.2. The Morgan fingerprint density at radius 3 is 2.52 bits per heavy atom. The van der Waals surface area contributed by atoms with E-state index < -0.39 is 11.0 Å². The van der Waals surface area contributed by atoms with Gasteiger partial charge in [-0.05, 0) is 45.6 Å². The summed E-state index contributed by atoms with van der Waals surface area (Å²) >= 11 is 0. The van der Waals surface area contributed by atoms with Crippen LogP contribution in [0.25, 0.3) is 0 Å². The Balaban J connectivity index is 1.78. The van der Waals surface area contributed by atoms with Crippen molar-refractivity contribution in [2.24, 2.45) is 16.3 Å². The van der Waals surface area contributed by atoms with Crippen LogP contribution in [0.1, 0.15) is 51.5 Å². The fourth-order valence-electron chi connectivity index (χ4n) is 3.30. The summed E-state index contributed by atoms with van der Waals surface area (Å²) in [5.41, 5.74) is 6.14. The molecular formula is C19H27N3O3. The SMILES string of the molecule is CC(C)(C)OC(=O)N(CC1(C(N)=NO)CC1)[C@H]1C[C@@H]1c1ccccc1. The van der Waals surface area contributed by atoms with Gasteiger partial charge in [0.1, 0.15) is 11.4 Å². The quantitative estimate of drug-likeness (QED) is 0.371. The van der Waals surface area contributed by atoms with Crippen molar-refractivity contribution in [1.29, 1.82) is 0 Å². The van der Waals surface area contributed by atoms with Crippen molar-refractivity contribution < 1.29 is 14.7 Å². The molecule has 1 aromatic carbocycles. The van der Waals surface area contributed by atoms with Gasteiger partial charge in [0.05, 0.1) is 0 Å². The van der Waals surface area contributed by atoms with Crippen LogP contribution < -0.4 is 5.73 Å². The second-order valence-corrected chi connectivity index (χ2v) is 8.19. The van der Waals surface area contributed by atoms with Gasteiger partial charge in [-0.3, -0.25) is 0 Å². The van der Waals surface area contributed by atoms with E-state index in [2.05, 4.69) is 17.3 Å². The van der Waals surface area contributed by atoms with Gasteiger partial charge in [0, 0.05) is 23.9 Å². The second-order valence-electron chi connectivity index (χ2n) is 8.19. The molecule has 6 nitrogen and oxygen atoms in total. The molecule has 2 saturated carbocycles. The number of hydrogen-bond donors (Lipinski definition) is 2. The van der Waals surface area contributed by atoms with Gasteiger partial charge in [-0.25, -0.2) is 4.79 Å². The smallest absolute Gasteiger partial charge is 0.410 e. The summed E-state index contributed by atoms with van der Waals surface area (Å²) in [6.45, 7) is 6.02. The molecule has 0 spiro atoms. The van der Waals surface area contributed by atoms with E-state index in [0.29, 0.717) is 12.5 Å². The Hall–Kier alpha value is -2.24. The van der Waals surface area contributed by atoms with Gasteiger partial charge >= 0.3 is 6.09 Å². The van der Waals surface area contributed by atoms with E-state index in [4.69, 9.17) is 15.7 Å². The van der Waals surface area contributed by atoms with Crippen LogP contribution >= 0.6 is 0 Å². The molecule has 1 aromatic rings. The second kappa shape index (κ2) is 6.24. The van der Waals surface area contributed by atoms with Crippen LogP contribution in [0.3, 0.4) is 0 Å². The summed E-state index contributed by atoms with van der Waals surface area (Å²) in [6, 6.07) is 10.3. The maximum Gasteiger partial charge on any atom is 0.410 e. The van der Waals surface area contributed by atoms with Crippen molar-refractivity contribution in [3.8, 4) is 0 Å². The van der Waals surface area contributed by atoms with Gasteiger partial charge in [-0.1, -0.05) is 35.5 Å². The van der Waals surface area contributed by atoms with E-state index >= 15 is 0 Å². The lowest BCUT2D eigenvalue weighted by atomic mass is 10.0. The van der Waals surface area contributed by atoms with Gasteiger partial charge in [0.25, 0.3) is 0 Å². The molecule has 2 fully saturated rings. The van der Waals surface area contributed by atoms with Crippen LogP contribution in [-0.4, -0.2) is 40.2 Å². The zero-order valence-corrected chi connectivity index (χ0v) is 15.1. The van der Waals surface area contributed by atoms with E-state index in [1.54, 1.807) is 4.90 Å².